The minimum Gasteiger partial charge on any atom is -0.394 e. The lowest BCUT2D eigenvalue weighted by Gasteiger charge is -2.20. The summed E-state index contributed by atoms with van der Waals surface area (Å²) in [6, 6.07) is 0. The van der Waals surface area contributed by atoms with Crippen LogP contribution >= 0.6 is 0 Å². The molecule has 114 valence electrons. The molecule has 4 nitrogen and oxygen atoms in total. The van der Waals surface area contributed by atoms with Crippen molar-refractivity contribution in [2.75, 3.05) is 19.8 Å². The van der Waals surface area contributed by atoms with Crippen LogP contribution in [0.25, 0.3) is 0 Å². The van der Waals surface area contributed by atoms with Crippen LogP contribution in [0.15, 0.2) is 0 Å². The van der Waals surface area contributed by atoms with Gasteiger partial charge in [0.25, 0.3) is 0 Å². The molecule has 10 heteroatoms. The van der Waals surface area contributed by atoms with Crippen LogP contribution in [-0.4, -0.2) is 48.5 Å². The second-order valence-electron chi connectivity index (χ2n) is 4.03. The van der Waals surface area contributed by atoms with E-state index in [4.69, 9.17) is 21.1 Å². The SMILES string of the molecule is Bc1c(F)c(F)c(F)c(F)c1F.NC(CO)(CO)CO. The van der Waals surface area contributed by atoms with E-state index in [2.05, 4.69) is 0 Å². The van der Waals surface area contributed by atoms with Crippen LogP contribution in [0, 0.1) is 29.1 Å². The zero-order chi connectivity index (χ0) is 16.1. The third-order valence-corrected chi connectivity index (χ3v) is 2.37. The van der Waals surface area contributed by atoms with Gasteiger partial charge in [-0.05, 0) is 5.46 Å². The van der Waals surface area contributed by atoms with Gasteiger partial charge in [-0.2, -0.15) is 0 Å². The number of halogens is 5. The first kappa shape index (κ1) is 18.8. The Morgan fingerprint density at radius 1 is 0.750 bits per heavy atom. The Balaban J connectivity index is 0.000000396. The van der Waals surface area contributed by atoms with E-state index in [1.165, 1.54) is 0 Å². The molecule has 1 aromatic carbocycles. The Bertz CT molecular complexity index is 357. The maximum Gasteiger partial charge on any atom is 0.200 e. The zero-order valence-electron chi connectivity index (χ0n) is 10.4. The van der Waals surface area contributed by atoms with Crippen molar-refractivity contribution in [3.63, 3.8) is 0 Å². The molecule has 0 aromatic heterocycles. The fourth-order valence-corrected chi connectivity index (χ4v) is 0.865. The van der Waals surface area contributed by atoms with Crippen molar-refractivity contribution in [1.29, 1.82) is 0 Å². The van der Waals surface area contributed by atoms with E-state index in [0.717, 1.165) is 7.85 Å². The molecule has 1 aromatic rings. The summed E-state index contributed by atoms with van der Waals surface area (Å²) in [7, 11) is 0.816. The smallest absolute Gasteiger partial charge is 0.200 e. The predicted molar refractivity (Wildman–Crippen MR) is 62.6 cm³/mol. The molecule has 20 heavy (non-hydrogen) atoms. The molecule has 0 radical (unpaired) electrons. The minimum atomic E-state index is -2.13. The molecule has 0 fully saturated rings. The summed E-state index contributed by atoms with van der Waals surface area (Å²) in [5, 5.41) is 25.0. The van der Waals surface area contributed by atoms with Crippen molar-refractivity contribution < 1.29 is 37.3 Å². The minimum absolute atomic E-state index is 0.403. The van der Waals surface area contributed by atoms with Crippen molar-refractivity contribution in [1.82, 2.24) is 0 Å². The van der Waals surface area contributed by atoms with Crippen molar-refractivity contribution in [2.45, 2.75) is 5.54 Å². The largest absolute Gasteiger partial charge is 0.394 e. The summed E-state index contributed by atoms with van der Waals surface area (Å²) in [6.07, 6.45) is 0. The van der Waals surface area contributed by atoms with Crippen molar-refractivity contribution in [3.8, 4) is 0 Å². The Kier molecular flexibility index (Phi) is 7.07. The molecule has 0 spiro atoms. The highest BCUT2D eigenvalue weighted by Crippen LogP contribution is 2.14. The Labute approximate surface area is 112 Å². The molecule has 0 aliphatic carbocycles. The number of aliphatic hydroxyl groups excluding tert-OH is 3. The summed E-state index contributed by atoms with van der Waals surface area (Å²) in [4.78, 5) is 0. The summed E-state index contributed by atoms with van der Waals surface area (Å²) in [6.45, 7) is -1.21. The van der Waals surface area contributed by atoms with E-state index >= 15 is 0 Å². The van der Waals surface area contributed by atoms with Gasteiger partial charge in [-0.3, -0.25) is 0 Å². The van der Waals surface area contributed by atoms with Gasteiger partial charge in [0, 0.05) is 0 Å². The zero-order valence-corrected chi connectivity index (χ0v) is 10.4. The lowest BCUT2D eigenvalue weighted by atomic mass is 9.94. The number of benzene rings is 1. The molecule has 0 atom stereocenters. The maximum absolute atomic E-state index is 12.4. The lowest BCUT2D eigenvalue weighted by molar-refractivity contribution is 0.0698. The summed E-state index contributed by atoms with van der Waals surface area (Å²) in [5.41, 5.74) is 3.07. The van der Waals surface area contributed by atoms with Gasteiger partial charge in [0.15, 0.2) is 29.1 Å². The van der Waals surface area contributed by atoms with Gasteiger partial charge in [0.1, 0.15) is 7.85 Å². The van der Waals surface area contributed by atoms with E-state index in [1.54, 1.807) is 0 Å². The summed E-state index contributed by atoms with van der Waals surface area (Å²) >= 11 is 0. The van der Waals surface area contributed by atoms with Crippen LogP contribution in [0.1, 0.15) is 0 Å². The van der Waals surface area contributed by atoms with Crippen LogP contribution in [-0.2, 0) is 0 Å². The molecule has 1 rings (SSSR count). The number of hydrogen-bond acceptors (Lipinski definition) is 4. The quantitative estimate of drug-likeness (QED) is 0.232. The maximum atomic E-state index is 12.4. The van der Waals surface area contributed by atoms with Gasteiger partial charge in [-0.15, -0.1) is 0 Å². The molecule has 0 saturated carbocycles. The molecular formula is C10H13BF5NO3. The van der Waals surface area contributed by atoms with Crippen LogP contribution < -0.4 is 11.2 Å². The van der Waals surface area contributed by atoms with Gasteiger partial charge in [-0.25, -0.2) is 22.0 Å². The number of nitrogens with two attached hydrogens (primary N) is 1. The highest BCUT2D eigenvalue weighted by atomic mass is 19.2. The fourth-order valence-electron chi connectivity index (χ4n) is 0.865. The first-order valence-electron chi connectivity index (χ1n) is 5.24. The second-order valence-corrected chi connectivity index (χ2v) is 4.03. The monoisotopic (exact) mass is 301 g/mol. The third kappa shape index (κ3) is 4.13. The average molecular weight is 301 g/mol. The lowest BCUT2D eigenvalue weighted by Crippen LogP contribution is -2.50. The van der Waals surface area contributed by atoms with E-state index in [1.807, 2.05) is 0 Å². The highest BCUT2D eigenvalue weighted by molar-refractivity contribution is 6.32. The molecule has 5 N–H and O–H groups in total. The highest BCUT2D eigenvalue weighted by Gasteiger charge is 2.22. The van der Waals surface area contributed by atoms with Crippen LogP contribution in [0.4, 0.5) is 22.0 Å². The Morgan fingerprint density at radius 2 is 1.00 bits per heavy atom. The van der Waals surface area contributed by atoms with Gasteiger partial charge in [0.05, 0.1) is 25.4 Å². The van der Waals surface area contributed by atoms with Gasteiger partial charge < -0.3 is 21.1 Å². The first-order chi connectivity index (χ1) is 9.15. The number of hydrogen-bond donors (Lipinski definition) is 4. The van der Waals surface area contributed by atoms with Crippen LogP contribution in [0.5, 0.6) is 0 Å². The Hall–Kier alpha value is -1.23. The first-order valence-corrected chi connectivity index (χ1v) is 5.24. The summed E-state index contributed by atoms with van der Waals surface area (Å²) < 4.78 is 61.6. The molecule has 0 amide bonds. The Morgan fingerprint density at radius 3 is 1.20 bits per heavy atom. The average Bonchev–Trinajstić information content (AvgIpc) is 2.48. The number of rotatable bonds is 3. The van der Waals surface area contributed by atoms with Crippen molar-refractivity contribution in [3.05, 3.63) is 29.1 Å². The van der Waals surface area contributed by atoms with E-state index in [0.29, 0.717) is 0 Å². The van der Waals surface area contributed by atoms with E-state index < -0.39 is 59.9 Å². The van der Waals surface area contributed by atoms with Gasteiger partial charge >= 0.3 is 0 Å². The normalized spacial score (nSPS) is 11.1. The van der Waals surface area contributed by atoms with Crippen molar-refractivity contribution >= 4 is 13.3 Å². The molecule has 0 heterocycles. The predicted octanol–water partition coefficient (Wildman–Crippen LogP) is -1.70. The molecular weight excluding hydrogens is 288 g/mol. The van der Waals surface area contributed by atoms with E-state index in [9.17, 15) is 22.0 Å². The van der Waals surface area contributed by atoms with Crippen LogP contribution in [0.3, 0.4) is 0 Å². The van der Waals surface area contributed by atoms with Gasteiger partial charge in [0.2, 0.25) is 0 Å². The number of aliphatic hydroxyl groups is 3. The fraction of sp³-hybridized carbons (Fsp3) is 0.400. The second kappa shape index (κ2) is 7.53. The topological polar surface area (TPSA) is 86.7 Å². The van der Waals surface area contributed by atoms with Gasteiger partial charge in [-0.1, -0.05) is 0 Å². The standard InChI is InChI=1S/C6H2BF5.C4H11NO3/c7-1-2(8)4(10)6(12)5(11)3(1)9;5-4(1-6,2-7)3-8/h7H2;6-8H,1-3,5H2. The molecule has 0 aliphatic heterocycles. The molecule has 0 bridgehead atoms. The summed E-state index contributed by atoms with van der Waals surface area (Å²) in [5.74, 6) is -9.52. The third-order valence-electron chi connectivity index (χ3n) is 2.37. The molecule has 0 saturated heterocycles. The molecule has 0 aliphatic rings. The van der Waals surface area contributed by atoms with E-state index in [-0.39, 0.29) is 0 Å². The van der Waals surface area contributed by atoms with Crippen molar-refractivity contribution in [2.24, 2.45) is 5.73 Å². The molecule has 0 unspecified atom stereocenters. The van der Waals surface area contributed by atoms with Crippen LogP contribution in [0.2, 0.25) is 0 Å².